The molecule has 0 N–H and O–H groups in total. The zero-order valence-electron chi connectivity index (χ0n) is 15.8. The minimum absolute atomic E-state index is 0.190. The summed E-state index contributed by atoms with van der Waals surface area (Å²) < 4.78 is 12.5. The van der Waals surface area contributed by atoms with Gasteiger partial charge in [0.1, 0.15) is 9.71 Å². The first-order chi connectivity index (χ1) is 13.5. The predicted octanol–water partition coefficient (Wildman–Crippen LogP) is 2.80. The highest BCUT2D eigenvalue weighted by atomic mass is 32.1. The number of nitrogens with zero attached hydrogens (tertiary/aromatic N) is 3. The van der Waals surface area contributed by atoms with Crippen molar-refractivity contribution < 1.29 is 19.1 Å². The molecule has 3 heterocycles. The molecule has 2 aromatic heterocycles. The largest absolute Gasteiger partial charge is 0.448 e. The molecule has 7 nitrogen and oxygen atoms in total. The van der Waals surface area contributed by atoms with Gasteiger partial charge in [0.2, 0.25) is 0 Å². The fourth-order valence-corrected chi connectivity index (χ4v) is 4.27. The van der Waals surface area contributed by atoms with Gasteiger partial charge in [-0.3, -0.25) is 4.79 Å². The number of hydrogen-bond donors (Lipinski definition) is 0. The molecule has 0 saturated carbocycles. The van der Waals surface area contributed by atoms with Gasteiger partial charge in [-0.15, -0.1) is 11.3 Å². The van der Waals surface area contributed by atoms with E-state index in [4.69, 9.17) is 9.47 Å². The summed E-state index contributed by atoms with van der Waals surface area (Å²) in [5.74, 6) is -0.682. The predicted molar refractivity (Wildman–Crippen MR) is 106 cm³/mol. The fraction of sp³-hybridized carbons (Fsp3) is 0.350. The smallest absolute Gasteiger partial charge is 0.349 e. The van der Waals surface area contributed by atoms with Gasteiger partial charge in [0.05, 0.1) is 24.6 Å². The second-order valence-corrected chi connectivity index (χ2v) is 7.68. The van der Waals surface area contributed by atoms with Crippen LogP contribution >= 0.6 is 11.3 Å². The number of carbonyl (C=O) groups excluding carboxylic acids is 2. The maximum Gasteiger partial charge on any atom is 0.349 e. The van der Waals surface area contributed by atoms with Gasteiger partial charge in [-0.25, -0.2) is 9.48 Å². The van der Waals surface area contributed by atoms with Crippen molar-refractivity contribution in [1.82, 2.24) is 14.7 Å². The van der Waals surface area contributed by atoms with Gasteiger partial charge in [0.25, 0.3) is 5.91 Å². The average Bonchev–Trinajstić information content (AvgIpc) is 3.29. The standard InChI is InChI=1S/C20H21N3O4S/c1-13-16-12-17(28-19(16)23(21-13)15-6-4-3-5-7-15)20(25)27-14(2)18(24)22-8-10-26-11-9-22/h3-7,12,14H,8-11H2,1-2H3. The summed E-state index contributed by atoms with van der Waals surface area (Å²) in [6, 6.07) is 11.6. The van der Waals surface area contributed by atoms with Gasteiger partial charge in [-0.05, 0) is 32.0 Å². The van der Waals surface area contributed by atoms with E-state index in [0.29, 0.717) is 31.2 Å². The average molecular weight is 399 g/mol. The van der Waals surface area contributed by atoms with Crippen molar-refractivity contribution in [3.8, 4) is 5.69 Å². The summed E-state index contributed by atoms with van der Waals surface area (Å²) in [7, 11) is 0. The van der Waals surface area contributed by atoms with Gasteiger partial charge in [0.15, 0.2) is 6.10 Å². The van der Waals surface area contributed by atoms with Crippen molar-refractivity contribution in [1.29, 1.82) is 0 Å². The lowest BCUT2D eigenvalue weighted by Crippen LogP contribution is -2.46. The quantitative estimate of drug-likeness (QED) is 0.631. The number of morpholine rings is 1. The topological polar surface area (TPSA) is 73.7 Å². The van der Waals surface area contributed by atoms with Crippen LogP contribution in [-0.4, -0.2) is 59.0 Å². The molecule has 1 amide bonds. The van der Waals surface area contributed by atoms with Crippen molar-refractivity contribution in [3.05, 3.63) is 47.0 Å². The second kappa shape index (κ2) is 7.73. The number of hydrogen-bond acceptors (Lipinski definition) is 6. The Hall–Kier alpha value is -2.71. The monoisotopic (exact) mass is 399 g/mol. The van der Waals surface area contributed by atoms with Crippen LogP contribution in [0.15, 0.2) is 36.4 Å². The lowest BCUT2D eigenvalue weighted by Gasteiger charge is -2.28. The molecule has 3 aromatic rings. The summed E-state index contributed by atoms with van der Waals surface area (Å²) in [6.07, 6.45) is -0.831. The van der Waals surface area contributed by atoms with Crippen LogP contribution in [0.5, 0.6) is 0 Å². The molecule has 28 heavy (non-hydrogen) atoms. The third-order valence-electron chi connectivity index (χ3n) is 4.70. The van der Waals surface area contributed by atoms with Crippen LogP contribution in [0.3, 0.4) is 0 Å². The van der Waals surface area contributed by atoms with Gasteiger partial charge in [-0.1, -0.05) is 18.2 Å². The number of benzene rings is 1. The summed E-state index contributed by atoms with van der Waals surface area (Å²) in [6.45, 7) is 5.59. The molecule has 1 aliphatic rings. The van der Waals surface area contributed by atoms with Crippen LogP contribution in [0.4, 0.5) is 0 Å². The Balaban J connectivity index is 1.54. The van der Waals surface area contributed by atoms with Gasteiger partial charge in [-0.2, -0.15) is 5.10 Å². The van der Waals surface area contributed by atoms with E-state index in [-0.39, 0.29) is 5.91 Å². The summed E-state index contributed by atoms with van der Waals surface area (Å²) in [5.41, 5.74) is 1.77. The highest BCUT2D eigenvalue weighted by Crippen LogP contribution is 2.31. The summed E-state index contributed by atoms with van der Waals surface area (Å²) in [4.78, 5) is 28.1. The molecular formula is C20H21N3O4S. The Morgan fingerprint density at radius 3 is 2.64 bits per heavy atom. The van der Waals surface area contributed by atoms with Gasteiger partial charge < -0.3 is 14.4 Å². The molecule has 0 radical (unpaired) electrons. The van der Waals surface area contributed by atoms with E-state index in [1.807, 2.05) is 41.9 Å². The first kappa shape index (κ1) is 18.6. The van der Waals surface area contributed by atoms with E-state index in [9.17, 15) is 9.59 Å². The van der Waals surface area contributed by atoms with E-state index in [0.717, 1.165) is 21.6 Å². The van der Waals surface area contributed by atoms with Crippen molar-refractivity contribution in [2.45, 2.75) is 20.0 Å². The maximum absolute atomic E-state index is 12.6. The molecule has 1 aliphatic heterocycles. The highest BCUT2D eigenvalue weighted by Gasteiger charge is 2.27. The Morgan fingerprint density at radius 2 is 1.93 bits per heavy atom. The van der Waals surface area contributed by atoms with E-state index >= 15 is 0 Å². The van der Waals surface area contributed by atoms with Crippen LogP contribution in [0.2, 0.25) is 0 Å². The number of aryl methyl sites for hydroxylation is 1. The van der Waals surface area contributed by atoms with Gasteiger partial charge >= 0.3 is 5.97 Å². The number of ether oxygens (including phenoxy) is 2. The lowest BCUT2D eigenvalue weighted by atomic mass is 10.3. The lowest BCUT2D eigenvalue weighted by molar-refractivity contribution is -0.143. The van der Waals surface area contributed by atoms with E-state index < -0.39 is 12.1 Å². The molecule has 0 spiro atoms. The molecule has 1 saturated heterocycles. The fourth-order valence-electron chi connectivity index (χ4n) is 3.20. The SMILES string of the molecule is Cc1nn(-c2ccccc2)c2sc(C(=O)OC(C)C(=O)N3CCOCC3)cc12. The molecule has 1 aromatic carbocycles. The van der Waals surface area contributed by atoms with E-state index in [2.05, 4.69) is 5.10 Å². The minimum atomic E-state index is -0.831. The van der Waals surface area contributed by atoms with Crippen molar-refractivity contribution in [2.75, 3.05) is 26.3 Å². The first-order valence-electron chi connectivity index (χ1n) is 9.16. The third kappa shape index (κ3) is 3.53. The molecule has 0 aliphatic carbocycles. The number of carbonyl (C=O) groups is 2. The number of amides is 1. The molecule has 8 heteroatoms. The zero-order chi connectivity index (χ0) is 19.7. The first-order valence-corrected chi connectivity index (χ1v) is 9.98. The van der Waals surface area contributed by atoms with Crippen LogP contribution < -0.4 is 0 Å². The van der Waals surface area contributed by atoms with Crippen molar-refractivity contribution in [2.24, 2.45) is 0 Å². The number of thiophene rings is 1. The molecule has 4 rings (SSSR count). The van der Waals surface area contributed by atoms with E-state index in [1.165, 1.54) is 11.3 Å². The highest BCUT2D eigenvalue weighted by molar-refractivity contribution is 7.20. The number of aromatic nitrogens is 2. The van der Waals surface area contributed by atoms with Crippen LogP contribution in [0.25, 0.3) is 15.9 Å². The third-order valence-corrected chi connectivity index (χ3v) is 5.79. The number of rotatable bonds is 4. The number of fused-ring (bicyclic) bond motifs is 1. The summed E-state index contributed by atoms with van der Waals surface area (Å²) in [5, 5.41) is 5.48. The maximum atomic E-state index is 12.6. The Morgan fingerprint density at radius 1 is 1.21 bits per heavy atom. The molecule has 1 unspecified atom stereocenters. The van der Waals surface area contributed by atoms with Gasteiger partial charge in [0, 0.05) is 18.5 Å². The Bertz CT molecular complexity index is 1010. The van der Waals surface area contributed by atoms with Crippen LogP contribution in [0.1, 0.15) is 22.3 Å². The molecule has 146 valence electrons. The van der Waals surface area contributed by atoms with Crippen LogP contribution in [0, 0.1) is 6.92 Å². The van der Waals surface area contributed by atoms with Crippen LogP contribution in [-0.2, 0) is 14.3 Å². The normalized spacial score (nSPS) is 15.6. The molecule has 0 bridgehead atoms. The zero-order valence-corrected chi connectivity index (χ0v) is 16.6. The molecule has 1 atom stereocenters. The Kier molecular flexibility index (Phi) is 5.15. The molecule has 1 fully saturated rings. The van der Waals surface area contributed by atoms with Crippen molar-refractivity contribution >= 4 is 33.4 Å². The second-order valence-electron chi connectivity index (χ2n) is 6.65. The van der Waals surface area contributed by atoms with E-state index in [1.54, 1.807) is 17.9 Å². The van der Waals surface area contributed by atoms with Crippen molar-refractivity contribution in [3.63, 3.8) is 0 Å². The minimum Gasteiger partial charge on any atom is -0.448 e. The Labute approximate surface area is 166 Å². The summed E-state index contributed by atoms with van der Waals surface area (Å²) >= 11 is 1.32. The molecular weight excluding hydrogens is 378 g/mol. The number of esters is 1. The number of para-hydroxylation sites is 1.